The van der Waals surface area contributed by atoms with Crippen molar-refractivity contribution in [1.82, 2.24) is 20.4 Å². The molecule has 5 nitrogen and oxygen atoms in total. The van der Waals surface area contributed by atoms with Crippen LogP contribution in [-0.2, 0) is 20.0 Å². The quantitative estimate of drug-likeness (QED) is 0.433. The minimum atomic E-state index is 0. The molecule has 0 aliphatic carbocycles. The van der Waals surface area contributed by atoms with Crippen molar-refractivity contribution in [2.45, 2.75) is 26.8 Å². The summed E-state index contributed by atoms with van der Waals surface area (Å²) < 4.78 is 1.92. The molecular formula is C15H24IN5S. The smallest absolute Gasteiger partial charge is 0.191 e. The zero-order chi connectivity index (χ0) is 15.2. The van der Waals surface area contributed by atoms with E-state index >= 15 is 0 Å². The number of guanidine groups is 1. The maximum atomic E-state index is 4.43. The molecule has 2 aromatic heterocycles. The number of aromatic nitrogens is 2. The first kappa shape index (κ1) is 19.0. The fourth-order valence-corrected chi connectivity index (χ4v) is 2.93. The lowest BCUT2D eigenvalue weighted by molar-refractivity contribution is 0.728. The summed E-state index contributed by atoms with van der Waals surface area (Å²) >= 11 is 1.79. The van der Waals surface area contributed by atoms with Gasteiger partial charge in [0, 0.05) is 43.3 Å². The fraction of sp³-hybridized carbons (Fsp3) is 0.467. The molecular weight excluding hydrogens is 409 g/mol. The van der Waals surface area contributed by atoms with Crippen molar-refractivity contribution in [1.29, 1.82) is 0 Å². The second-order valence-electron chi connectivity index (χ2n) is 4.95. The van der Waals surface area contributed by atoms with Gasteiger partial charge in [0.2, 0.25) is 0 Å². The molecule has 2 rings (SSSR count). The van der Waals surface area contributed by atoms with Gasteiger partial charge < -0.3 is 10.6 Å². The first-order valence-corrected chi connectivity index (χ1v) is 7.95. The number of thiophene rings is 1. The molecule has 0 aliphatic heterocycles. The van der Waals surface area contributed by atoms with Crippen LogP contribution in [0, 0.1) is 13.8 Å². The molecule has 0 radical (unpaired) electrons. The van der Waals surface area contributed by atoms with Crippen molar-refractivity contribution in [3.05, 3.63) is 39.3 Å². The highest BCUT2D eigenvalue weighted by atomic mass is 127. The molecule has 0 atom stereocenters. The Labute approximate surface area is 153 Å². The van der Waals surface area contributed by atoms with Crippen LogP contribution in [0.1, 0.15) is 21.8 Å². The Bertz CT molecular complexity index is 604. The number of hydrogen-bond acceptors (Lipinski definition) is 3. The standard InChI is InChI=1S/C15H23N5S.HI/c1-11-14(12(2)20(4)19-11)10-18-15(16-3)17-8-7-13-6-5-9-21-13;/h5-6,9H,7-8,10H2,1-4H3,(H2,16,17,18);1H. The van der Waals surface area contributed by atoms with Crippen LogP contribution >= 0.6 is 35.3 Å². The lowest BCUT2D eigenvalue weighted by Gasteiger charge is -2.11. The highest BCUT2D eigenvalue weighted by molar-refractivity contribution is 14.0. The van der Waals surface area contributed by atoms with Gasteiger partial charge in [-0.25, -0.2) is 0 Å². The van der Waals surface area contributed by atoms with Crippen molar-refractivity contribution in [3.8, 4) is 0 Å². The predicted octanol–water partition coefficient (Wildman–Crippen LogP) is 2.62. The van der Waals surface area contributed by atoms with E-state index in [0.717, 1.165) is 31.2 Å². The third kappa shape index (κ3) is 4.98. The number of rotatable bonds is 5. The van der Waals surface area contributed by atoms with Crippen molar-refractivity contribution in [2.24, 2.45) is 12.0 Å². The summed E-state index contributed by atoms with van der Waals surface area (Å²) in [6.07, 6.45) is 1.02. The summed E-state index contributed by atoms with van der Waals surface area (Å²) in [6, 6.07) is 4.24. The number of nitrogens with zero attached hydrogens (tertiary/aromatic N) is 3. The average Bonchev–Trinajstić information content (AvgIpc) is 3.05. The lowest BCUT2D eigenvalue weighted by Crippen LogP contribution is -2.38. The minimum Gasteiger partial charge on any atom is -0.356 e. The van der Waals surface area contributed by atoms with Crippen molar-refractivity contribution in [2.75, 3.05) is 13.6 Å². The van der Waals surface area contributed by atoms with Gasteiger partial charge >= 0.3 is 0 Å². The molecule has 22 heavy (non-hydrogen) atoms. The second kappa shape index (κ2) is 9.14. The van der Waals surface area contributed by atoms with Crippen LogP contribution < -0.4 is 10.6 Å². The fourth-order valence-electron chi connectivity index (χ4n) is 2.22. The van der Waals surface area contributed by atoms with Crippen LogP contribution in [0.3, 0.4) is 0 Å². The molecule has 0 amide bonds. The van der Waals surface area contributed by atoms with Gasteiger partial charge in [0.15, 0.2) is 5.96 Å². The summed E-state index contributed by atoms with van der Waals surface area (Å²) in [5.74, 6) is 0.828. The van der Waals surface area contributed by atoms with E-state index in [1.807, 2.05) is 18.7 Å². The Morgan fingerprint density at radius 2 is 2.14 bits per heavy atom. The normalized spacial score (nSPS) is 11.2. The third-order valence-corrected chi connectivity index (χ3v) is 4.50. The predicted molar refractivity (Wildman–Crippen MR) is 104 cm³/mol. The minimum absolute atomic E-state index is 0. The first-order valence-electron chi connectivity index (χ1n) is 7.07. The van der Waals surface area contributed by atoms with Crippen LogP contribution in [0.5, 0.6) is 0 Å². The molecule has 0 bridgehead atoms. The van der Waals surface area contributed by atoms with E-state index in [2.05, 4.69) is 45.2 Å². The van der Waals surface area contributed by atoms with E-state index in [1.54, 1.807) is 18.4 Å². The van der Waals surface area contributed by atoms with Gasteiger partial charge in [-0.3, -0.25) is 9.67 Å². The topological polar surface area (TPSA) is 54.2 Å². The van der Waals surface area contributed by atoms with Crippen LogP contribution in [-0.4, -0.2) is 29.3 Å². The summed E-state index contributed by atoms with van der Waals surface area (Å²) in [5.41, 5.74) is 3.49. The first-order chi connectivity index (χ1) is 10.1. The third-order valence-electron chi connectivity index (χ3n) is 3.56. The molecule has 0 saturated carbocycles. The Balaban J connectivity index is 0.00000242. The molecule has 0 fully saturated rings. The van der Waals surface area contributed by atoms with E-state index in [4.69, 9.17) is 0 Å². The number of halogens is 1. The SMILES string of the molecule is CN=C(NCCc1cccs1)NCc1c(C)nn(C)c1C.I. The van der Waals surface area contributed by atoms with E-state index in [0.29, 0.717) is 0 Å². The Hall–Kier alpha value is -1.09. The van der Waals surface area contributed by atoms with E-state index < -0.39 is 0 Å². The average molecular weight is 433 g/mol. The summed E-state index contributed by atoms with van der Waals surface area (Å²) in [7, 11) is 3.77. The molecule has 2 aromatic rings. The van der Waals surface area contributed by atoms with Crippen LogP contribution in [0.25, 0.3) is 0 Å². The van der Waals surface area contributed by atoms with E-state index in [9.17, 15) is 0 Å². The summed E-state index contributed by atoms with van der Waals surface area (Å²) in [5, 5.41) is 13.2. The molecule has 2 heterocycles. The highest BCUT2D eigenvalue weighted by Crippen LogP contribution is 2.11. The maximum Gasteiger partial charge on any atom is 0.191 e. The molecule has 7 heteroatoms. The van der Waals surface area contributed by atoms with E-state index in [1.165, 1.54) is 16.1 Å². The van der Waals surface area contributed by atoms with Gasteiger partial charge in [0.25, 0.3) is 0 Å². The molecule has 0 saturated heterocycles. The van der Waals surface area contributed by atoms with Gasteiger partial charge in [-0.2, -0.15) is 5.10 Å². The van der Waals surface area contributed by atoms with Crippen molar-refractivity contribution < 1.29 is 0 Å². The lowest BCUT2D eigenvalue weighted by atomic mass is 10.2. The zero-order valence-corrected chi connectivity index (χ0v) is 16.7. The van der Waals surface area contributed by atoms with Gasteiger partial charge in [-0.05, 0) is 31.7 Å². The van der Waals surface area contributed by atoms with Crippen LogP contribution in [0.4, 0.5) is 0 Å². The zero-order valence-electron chi connectivity index (χ0n) is 13.5. The van der Waals surface area contributed by atoms with E-state index in [-0.39, 0.29) is 24.0 Å². The largest absolute Gasteiger partial charge is 0.356 e. The van der Waals surface area contributed by atoms with Crippen molar-refractivity contribution >= 4 is 41.3 Å². The number of nitrogens with one attached hydrogen (secondary N) is 2. The molecule has 0 spiro atoms. The van der Waals surface area contributed by atoms with Gasteiger partial charge in [-0.15, -0.1) is 35.3 Å². The summed E-state index contributed by atoms with van der Waals surface area (Å²) in [4.78, 5) is 5.64. The van der Waals surface area contributed by atoms with Gasteiger partial charge in [0.1, 0.15) is 0 Å². The molecule has 0 aromatic carbocycles. The number of hydrogen-bond donors (Lipinski definition) is 2. The maximum absolute atomic E-state index is 4.43. The Morgan fingerprint density at radius 3 is 2.68 bits per heavy atom. The van der Waals surface area contributed by atoms with Crippen molar-refractivity contribution in [3.63, 3.8) is 0 Å². The van der Waals surface area contributed by atoms with Crippen LogP contribution in [0.15, 0.2) is 22.5 Å². The van der Waals surface area contributed by atoms with Gasteiger partial charge in [-0.1, -0.05) is 6.07 Å². The second-order valence-corrected chi connectivity index (χ2v) is 5.99. The molecule has 122 valence electrons. The number of aliphatic imine (C=N–C) groups is 1. The molecule has 0 unspecified atom stereocenters. The Morgan fingerprint density at radius 1 is 1.36 bits per heavy atom. The van der Waals surface area contributed by atoms with Gasteiger partial charge in [0.05, 0.1) is 5.69 Å². The Kier molecular flexibility index (Phi) is 7.88. The monoisotopic (exact) mass is 433 g/mol. The van der Waals surface area contributed by atoms with Crippen LogP contribution in [0.2, 0.25) is 0 Å². The number of aryl methyl sites for hydroxylation is 2. The molecule has 0 aliphatic rings. The summed E-state index contributed by atoms with van der Waals surface area (Å²) in [6.45, 7) is 5.75. The molecule has 2 N–H and O–H groups in total. The highest BCUT2D eigenvalue weighted by Gasteiger charge is 2.09.